The second-order valence-electron chi connectivity index (χ2n) is 7.76. The minimum Gasteiger partial charge on any atom is -0.505 e. The van der Waals surface area contributed by atoms with Crippen LogP contribution < -0.4 is 10.5 Å². The van der Waals surface area contributed by atoms with Crippen LogP contribution >= 0.6 is 0 Å². The predicted octanol–water partition coefficient (Wildman–Crippen LogP) is 5.22. The van der Waals surface area contributed by atoms with Gasteiger partial charge in [0.2, 0.25) is 5.82 Å². The van der Waals surface area contributed by atoms with Crippen molar-refractivity contribution in [3.8, 4) is 28.5 Å². The van der Waals surface area contributed by atoms with Gasteiger partial charge in [0.05, 0.1) is 11.4 Å². The van der Waals surface area contributed by atoms with Crippen LogP contribution in [-0.2, 0) is 0 Å². The van der Waals surface area contributed by atoms with Crippen molar-refractivity contribution < 1.29 is 14.2 Å². The number of nitrogens with zero attached hydrogens (tertiary/aromatic N) is 4. The van der Waals surface area contributed by atoms with Gasteiger partial charge in [0, 0.05) is 5.56 Å². The molecule has 0 aliphatic heterocycles. The van der Waals surface area contributed by atoms with Gasteiger partial charge in [-0.1, -0.05) is 25.3 Å². The van der Waals surface area contributed by atoms with E-state index in [4.69, 9.17) is 15.6 Å². The highest BCUT2D eigenvalue weighted by Gasteiger charge is 2.23. The molecule has 0 unspecified atom stereocenters. The molecule has 1 fully saturated rings. The second-order valence-corrected chi connectivity index (χ2v) is 7.76. The van der Waals surface area contributed by atoms with Crippen molar-refractivity contribution in [2.45, 2.75) is 38.1 Å². The topological polar surface area (TPSA) is 99.1 Å². The zero-order valence-electron chi connectivity index (χ0n) is 16.8. The maximum atomic E-state index is 14.0. The molecule has 0 spiro atoms. The van der Waals surface area contributed by atoms with E-state index in [1.807, 2.05) is 16.8 Å². The molecule has 7 nitrogen and oxygen atoms in total. The summed E-state index contributed by atoms with van der Waals surface area (Å²) in [7, 11) is 0. The number of rotatable bonds is 4. The summed E-state index contributed by atoms with van der Waals surface area (Å²) < 4.78 is 21.6. The maximum absolute atomic E-state index is 14.0. The normalized spacial score (nSPS) is 14.7. The van der Waals surface area contributed by atoms with Crippen LogP contribution in [0.3, 0.4) is 0 Å². The highest BCUT2D eigenvalue weighted by atomic mass is 19.1. The molecule has 4 aromatic rings. The summed E-state index contributed by atoms with van der Waals surface area (Å²) in [6.07, 6.45) is 7.23. The zero-order chi connectivity index (χ0) is 21.4. The van der Waals surface area contributed by atoms with Crippen LogP contribution in [0.15, 0.2) is 48.8 Å². The molecule has 31 heavy (non-hydrogen) atoms. The van der Waals surface area contributed by atoms with Crippen LogP contribution in [0.4, 0.5) is 10.2 Å². The number of hydrogen-bond acceptors (Lipinski definition) is 6. The van der Waals surface area contributed by atoms with Crippen molar-refractivity contribution >= 4 is 16.9 Å². The van der Waals surface area contributed by atoms with Crippen LogP contribution in [0.5, 0.6) is 17.2 Å². The molecule has 1 saturated carbocycles. The number of fused-ring (bicyclic) bond motifs is 1. The van der Waals surface area contributed by atoms with Gasteiger partial charge in [0.1, 0.15) is 23.6 Å². The zero-order valence-corrected chi connectivity index (χ0v) is 16.8. The number of aromatic hydroxyl groups is 1. The van der Waals surface area contributed by atoms with Gasteiger partial charge in [-0.15, -0.1) is 0 Å². The van der Waals surface area contributed by atoms with E-state index in [1.165, 1.54) is 43.8 Å². The van der Waals surface area contributed by atoms with Crippen molar-refractivity contribution in [3.05, 3.63) is 54.6 Å². The third-order valence-corrected chi connectivity index (χ3v) is 5.74. The van der Waals surface area contributed by atoms with E-state index in [0.717, 1.165) is 29.4 Å². The molecule has 1 aliphatic carbocycles. The molecular weight excluding hydrogens is 397 g/mol. The monoisotopic (exact) mass is 419 g/mol. The Balaban J connectivity index is 1.51. The second kappa shape index (κ2) is 7.86. The molecule has 0 radical (unpaired) electrons. The van der Waals surface area contributed by atoms with Gasteiger partial charge < -0.3 is 15.6 Å². The molecular formula is C23H22FN5O2. The molecule has 2 heterocycles. The Morgan fingerprint density at radius 2 is 1.81 bits per heavy atom. The third kappa shape index (κ3) is 3.54. The number of ether oxygens (including phenoxy) is 1. The Morgan fingerprint density at radius 3 is 2.58 bits per heavy atom. The Morgan fingerprint density at radius 1 is 1.03 bits per heavy atom. The predicted molar refractivity (Wildman–Crippen MR) is 115 cm³/mol. The van der Waals surface area contributed by atoms with E-state index < -0.39 is 11.6 Å². The van der Waals surface area contributed by atoms with Crippen LogP contribution in [0.2, 0.25) is 0 Å². The number of benzene rings is 2. The molecule has 1 aliphatic rings. The molecule has 0 amide bonds. The molecule has 0 bridgehead atoms. The quantitative estimate of drug-likeness (QED) is 0.471. The minimum atomic E-state index is -0.797. The van der Waals surface area contributed by atoms with E-state index in [-0.39, 0.29) is 5.75 Å². The summed E-state index contributed by atoms with van der Waals surface area (Å²) >= 11 is 0. The van der Waals surface area contributed by atoms with Crippen LogP contribution in [0.1, 0.15) is 38.1 Å². The highest BCUT2D eigenvalue weighted by molar-refractivity contribution is 5.98. The van der Waals surface area contributed by atoms with E-state index in [2.05, 4.69) is 9.97 Å². The van der Waals surface area contributed by atoms with E-state index >= 15 is 0 Å². The Kier molecular flexibility index (Phi) is 4.89. The Bertz CT molecular complexity index is 1230. The number of anilines is 1. The van der Waals surface area contributed by atoms with Gasteiger partial charge in [-0.05, 0) is 49.2 Å². The third-order valence-electron chi connectivity index (χ3n) is 5.74. The Hall–Kier alpha value is -3.68. The molecule has 2 aromatic heterocycles. The molecule has 8 heteroatoms. The first kappa shape index (κ1) is 19.3. The van der Waals surface area contributed by atoms with Crippen LogP contribution in [-0.4, -0.2) is 24.9 Å². The standard InChI is InChI=1S/C23H22FN5O2/c24-20-17(30)7-4-8-18(20)31-16-11-9-14(10-12-16)21-19-22(25)26-13-27-23(19)29(28-21)15-5-2-1-3-6-15/h4,7-13,15,30H,1-3,5-6H2,(H2,25,26,27). The average molecular weight is 419 g/mol. The Labute approximate surface area is 178 Å². The van der Waals surface area contributed by atoms with Crippen molar-refractivity contribution in [3.63, 3.8) is 0 Å². The molecule has 0 saturated heterocycles. The molecule has 3 N–H and O–H groups in total. The lowest BCUT2D eigenvalue weighted by Crippen LogP contribution is -2.14. The van der Waals surface area contributed by atoms with Crippen LogP contribution in [0, 0.1) is 5.82 Å². The van der Waals surface area contributed by atoms with E-state index in [1.54, 1.807) is 12.1 Å². The van der Waals surface area contributed by atoms with Crippen molar-refractivity contribution in [1.29, 1.82) is 0 Å². The number of nitrogen functional groups attached to an aromatic ring is 1. The SMILES string of the molecule is Nc1ncnc2c1c(-c1ccc(Oc3cccc(O)c3F)cc1)nn2C1CCCCC1. The van der Waals surface area contributed by atoms with Gasteiger partial charge in [-0.2, -0.15) is 9.49 Å². The smallest absolute Gasteiger partial charge is 0.207 e. The van der Waals surface area contributed by atoms with E-state index in [0.29, 0.717) is 23.3 Å². The summed E-state index contributed by atoms with van der Waals surface area (Å²) in [4.78, 5) is 8.64. The lowest BCUT2D eigenvalue weighted by Gasteiger charge is -2.22. The maximum Gasteiger partial charge on any atom is 0.207 e. The average Bonchev–Trinajstić information content (AvgIpc) is 3.19. The van der Waals surface area contributed by atoms with Gasteiger partial charge in [-0.3, -0.25) is 0 Å². The van der Waals surface area contributed by atoms with Gasteiger partial charge in [-0.25, -0.2) is 14.6 Å². The number of aromatic nitrogens is 4. The molecule has 0 atom stereocenters. The number of phenolic OH excluding ortho intramolecular Hbond substituents is 1. The summed E-state index contributed by atoms with van der Waals surface area (Å²) in [6, 6.07) is 11.7. The fraction of sp³-hybridized carbons (Fsp3) is 0.261. The molecule has 158 valence electrons. The summed E-state index contributed by atoms with van der Waals surface area (Å²) in [5.41, 5.74) is 8.51. The van der Waals surface area contributed by atoms with Crippen LogP contribution in [0.25, 0.3) is 22.3 Å². The summed E-state index contributed by atoms with van der Waals surface area (Å²) in [6.45, 7) is 0. The molecule has 5 rings (SSSR count). The fourth-order valence-electron chi connectivity index (χ4n) is 4.16. The highest BCUT2D eigenvalue weighted by Crippen LogP contribution is 2.37. The first-order chi connectivity index (χ1) is 15.1. The van der Waals surface area contributed by atoms with Crippen molar-refractivity contribution in [1.82, 2.24) is 19.7 Å². The minimum absolute atomic E-state index is 0.0441. The number of nitrogens with two attached hydrogens (primary N) is 1. The number of hydrogen-bond donors (Lipinski definition) is 2. The van der Waals surface area contributed by atoms with Crippen molar-refractivity contribution in [2.24, 2.45) is 0 Å². The molecule has 2 aromatic carbocycles. The fourth-order valence-corrected chi connectivity index (χ4v) is 4.16. The lowest BCUT2D eigenvalue weighted by molar-refractivity contribution is 0.336. The van der Waals surface area contributed by atoms with E-state index in [9.17, 15) is 9.50 Å². The number of halogens is 1. The number of phenols is 1. The summed E-state index contributed by atoms with van der Waals surface area (Å²) in [5, 5.41) is 15.1. The summed E-state index contributed by atoms with van der Waals surface area (Å²) in [5.74, 6) is -0.465. The van der Waals surface area contributed by atoms with Gasteiger partial charge >= 0.3 is 0 Å². The van der Waals surface area contributed by atoms with Gasteiger partial charge in [0.15, 0.2) is 17.1 Å². The first-order valence-corrected chi connectivity index (χ1v) is 10.4. The van der Waals surface area contributed by atoms with Gasteiger partial charge in [0.25, 0.3) is 0 Å². The largest absolute Gasteiger partial charge is 0.505 e. The first-order valence-electron chi connectivity index (χ1n) is 10.4. The lowest BCUT2D eigenvalue weighted by atomic mass is 9.96. The van der Waals surface area contributed by atoms with Crippen molar-refractivity contribution in [2.75, 3.05) is 5.73 Å².